The molecule has 4 heteroatoms. The maximum atomic E-state index is 13.5. The highest BCUT2D eigenvalue weighted by Crippen LogP contribution is 2.33. The Morgan fingerprint density at radius 3 is 2.79 bits per heavy atom. The summed E-state index contributed by atoms with van der Waals surface area (Å²) in [5.74, 6) is 0.354. The zero-order valence-corrected chi connectivity index (χ0v) is 11.3. The van der Waals surface area contributed by atoms with Crippen LogP contribution in [0.15, 0.2) is 36.5 Å². The van der Waals surface area contributed by atoms with E-state index in [1.54, 1.807) is 25.4 Å². The third-order valence-electron chi connectivity index (χ3n) is 3.16. The predicted octanol–water partition coefficient (Wildman–Crippen LogP) is 3.18. The number of nitrogens with one attached hydrogen (secondary N) is 1. The Morgan fingerprint density at radius 1 is 1.32 bits per heavy atom. The van der Waals surface area contributed by atoms with Crippen molar-refractivity contribution in [3.8, 4) is 17.0 Å². The van der Waals surface area contributed by atoms with Gasteiger partial charge in [-0.3, -0.25) is 4.98 Å². The Kier molecular flexibility index (Phi) is 4.12. The molecule has 1 aromatic carbocycles. The summed E-state index contributed by atoms with van der Waals surface area (Å²) in [5, 5.41) is 3.16. The van der Waals surface area contributed by atoms with E-state index < -0.39 is 0 Å². The van der Waals surface area contributed by atoms with Crippen molar-refractivity contribution in [2.75, 3.05) is 14.2 Å². The zero-order chi connectivity index (χ0) is 13.8. The number of hydrogen-bond donors (Lipinski definition) is 1. The number of ether oxygens (including phenoxy) is 1. The smallest absolute Gasteiger partial charge is 0.145 e. The summed E-state index contributed by atoms with van der Waals surface area (Å²) in [6.45, 7) is 2.02. The van der Waals surface area contributed by atoms with Crippen LogP contribution < -0.4 is 10.1 Å². The van der Waals surface area contributed by atoms with E-state index in [2.05, 4.69) is 10.3 Å². The van der Waals surface area contributed by atoms with Crippen LogP contribution in [0.2, 0.25) is 0 Å². The quantitative estimate of drug-likeness (QED) is 0.916. The van der Waals surface area contributed by atoms with Crippen molar-refractivity contribution >= 4 is 0 Å². The maximum Gasteiger partial charge on any atom is 0.145 e. The van der Waals surface area contributed by atoms with Gasteiger partial charge in [0.15, 0.2) is 0 Å². The van der Waals surface area contributed by atoms with E-state index in [1.165, 1.54) is 12.1 Å². The van der Waals surface area contributed by atoms with Gasteiger partial charge < -0.3 is 10.1 Å². The average Bonchev–Trinajstić information content (AvgIpc) is 2.46. The first-order valence-electron chi connectivity index (χ1n) is 6.13. The molecule has 2 rings (SSSR count). The molecule has 0 aliphatic carbocycles. The number of rotatable bonds is 4. The molecule has 0 bridgehead atoms. The van der Waals surface area contributed by atoms with Crippen LogP contribution in [-0.2, 0) is 0 Å². The molecule has 100 valence electrons. The molecule has 1 heterocycles. The molecule has 3 nitrogen and oxygen atoms in total. The van der Waals surface area contributed by atoms with Crippen LogP contribution in [0.1, 0.15) is 18.5 Å². The lowest BCUT2D eigenvalue weighted by atomic mass is 9.98. The minimum Gasteiger partial charge on any atom is -0.494 e. The van der Waals surface area contributed by atoms with E-state index in [1.807, 2.05) is 20.0 Å². The number of methoxy groups -OCH3 is 1. The van der Waals surface area contributed by atoms with Crippen LogP contribution in [0.25, 0.3) is 11.3 Å². The van der Waals surface area contributed by atoms with Crippen LogP contribution in [-0.4, -0.2) is 19.1 Å². The number of hydrogen-bond acceptors (Lipinski definition) is 3. The lowest BCUT2D eigenvalue weighted by molar-refractivity contribution is 0.414. The number of halogens is 1. The third-order valence-corrected chi connectivity index (χ3v) is 3.16. The normalized spacial score (nSPS) is 12.2. The van der Waals surface area contributed by atoms with E-state index in [9.17, 15) is 4.39 Å². The second kappa shape index (κ2) is 5.80. The molecule has 1 N–H and O–H groups in total. The predicted molar refractivity (Wildman–Crippen MR) is 73.7 cm³/mol. The minimum atomic E-state index is -0.283. The standard InChI is InChI=1S/C15H17FN2O/c1-10(17-2)12-7-6-11(16)9-13(12)15-14(19-3)5-4-8-18-15/h4-10,17H,1-3H3. The van der Waals surface area contributed by atoms with Crippen LogP contribution >= 0.6 is 0 Å². The highest BCUT2D eigenvalue weighted by molar-refractivity contribution is 5.70. The Morgan fingerprint density at radius 2 is 2.11 bits per heavy atom. The van der Waals surface area contributed by atoms with Crippen molar-refractivity contribution < 1.29 is 9.13 Å². The molecular weight excluding hydrogens is 243 g/mol. The van der Waals surface area contributed by atoms with Gasteiger partial charge in [0.25, 0.3) is 0 Å². The van der Waals surface area contributed by atoms with E-state index in [0.29, 0.717) is 11.4 Å². The Labute approximate surface area is 112 Å². The molecule has 0 amide bonds. The van der Waals surface area contributed by atoms with Gasteiger partial charge in [0.2, 0.25) is 0 Å². The van der Waals surface area contributed by atoms with Crippen LogP contribution in [0.5, 0.6) is 5.75 Å². The number of nitrogens with zero attached hydrogens (tertiary/aromatic N) is 1. The summed E-state index contributed by atoms with van der Waals surface area (Å²) in [6, 6.07) is 8.45. The summed E-state index contributed by atoms with van der Waals surface area (Å²) in [7, 11) is 3.45. The van der Waals surface area contributed by atoms with Crippen LogP contribution in [0, 0.1) is 5.82 Å². The highest BCUT2D eigenvalue weighted by atomic mass is 19.1. The molecule has 0 saturated heterocycles. The van der Waals surface area contributed by atoms with E-state index >= 15 is 0 Å². The molecule has 2 aromatic rings. The topological polar surface area (TPSA) is 34.2 Å². The van der Waals surface area contributed by atoms with Crippen LogP contribution in [0.3, 0.4) is 0 Å². The monoisotopic (exact) mass is 260 g/mol. The van der Waals surface area contributed by atoms with Gasteiger partial charge in [0.1, 0.15) is 17.3 Å². The van der Waals surface area contributed by atoms with Crippen molar-refractivity contribution in [3.05, 3.63) is 47.9 Å². The molecule has 0 saturated carbocycles. The van der Waals surface area contributed by atoms with Gasteiger partial charge >= 0.3 is 0 Å². The summed E-state index contributed by atoms with van der Waals surface area (Å²) < 4.78 is 18.8. The average molecular weight is 260 g/mol. The fraction of sp³-hybridized carbons (Fsp3) is 0.267. The molecule has 19 heavy (non-hydrogen) atoms. The first-order chi connectivity index (χ1) is 9.17. The van der Waals surface area contributed by atoms with Gasteiger partial charge in [-0.1, -0.05) is 6.07 Å². The molecule has 0 fully saturated rings. The zero-order valence-electron chi connectivity index (χ0n) is 11.3. The number of pyridine rings is 1. The number of benzene rings is 1. The molecule has 1 unspecified atom stereocenters. The van der Waals surface area contributed by atoms with Crippen molar-refractivity contribution in [2.24, 2.45) is 0 Å². The largest absolute Gasteiger partial charge is 0.494 e. The molecule has 0 spiro atoms. The summed E-state index contributed by atoms with van der Waals surface area (Å²) in [6.07, 6.45) is 1.68. The summed E-state index contributed by atoms with van der Waals surface area (Å²) in [5.41, 5.74) is 2.39. The maximum absolute atomic E-state index is 13.5. The Bertz CT molecular complexity index is 572. The fourth-order valence-corrected chi connectivity index (χ4v) is 2.02. The van der Waals surface area contributed by atoms with Crippen molar-refractivity contribution in [1.29, 1.82) is 0 Å². The highest BCUT2D eigenvalue weighted by Gasteiger charge is 2.15. The van der Waals surface area contributed by atoms with Gasteiger partial charge in [-0.2, -0.15) is 0 Å². The van der Waals surface area contributed by atoms with Gasteiger partial charge in [0.05, 0.1) is 7.11 Å². The Hall–Kier alpha value is -1.94. The van der Waals surface area contributed by atoms with E-state index in [0.717, 1.165) is 11.1 Å². The van der Waals surface area contributed by atoms with Crippen molar-refractivity contribution in [1.82, 2.24) is 10.3 Å². The molecule has 1 atom stereocenters. The Balaban J connectivity index is 2.63. The molecule has 1 aromatic heterocycles. The summed E-state index contributed by atoms with van der Waals surface area (Å²) >= 11 is 0. The van der Waals surface area contributed by atoms with Gasteiger partial charge in [0, 0.05) is 17.8 Å². The first-order valence-corrected chi connectivity index (χ1v) is 6.13. The fourth-order valence-electron chi connectivity index (χ4n) is 2.02. The van der Waals surface area contributed by atoms with Crippen LogP contribution in [0.4, 0.5) is 4.39 Å². The van der Waals surface area contributed by atoms with E-state index in [-0.39, 0.29) is 11.9 Å². The lowest BCUT2D eigenvalue weighted by Crippen LogP contribution is -2.13. The van der Waals surface area contributed by atoms with Crippen molar-refractivity contribution in [2.45, 2.75) is 13.0 Å². The van der Waals surface area contributed by atoms with Gasteiger partial charge in [-0.05, 0) is 43.8 Å². The number of aromatic nitrogens is 1. The summed E-state index contributed by atoms with van der Waals surface area (Å²) in [4.78, 5) is 4.32. The molecular formula is C15H17FN2O. The molecule has 0 radical (unpaired) electrons. The molecule has 0 aliphatic heterocycles. The third kappa shape index (κ3) is 2.74. The molecule has 0 aliphatic rings. The second-order valence-electron chi connectivity index (χ2n) is 4.30. The SMILES string of the molecule is CNC(C)c1ccc(F)cc1-c1ncccc1OC. The van der Waals surface area contributed by atoms with E-state index in [4.69, 9.17) is 4.74 Å². The van der Waals surface area contributed by atoms with Gasteiger partial charge in [-0.15, -0.1) is 0 Å². The lowest BCUT2D eigenvalue weighted by Gasteiger charge is -2.17. The first kappa shape index (κ1) is 13.5. The van der Waals surface area contributed by atoms with Gasteiger partial charge in [-0.25, -0.2) is 4.39 Å². The second-order valence-corrected chi connectivity index (χ2v) is 4.30. The minimum absolute atomic E-state index is 0.0994. The van der Waals surface area contributed by atoms with Crippen molar-refractivity contribution in [3.63, 3.8) is 0 Å².